The van der Waals surface area contributed by atoms with Crippen molar-refractivity contribution in [2.75, 3.05) is 17.7 Å². The van der Waals surface area contributed by atoms with E-state index in [1.165, 1.54) is 23.1 Å². The average Bonchev–Trinajstić information content (AvgIpc) is 3.40. The van der Waals surface area contributed by atoms with Gasteiger partial charge in [-0.05, 0) is 30.9 Å². The minimum absolute atomic E-state index is 0.165. The molecule has 0 saturated carbocycles. The van der Waals surface area contributed by atoms with E-state index in [0.717, 1.165) is 22.0 Å². The number of nitrogens with one attached hydrogen (secondary N) is 1. The van der Waals surface area contributed by atoms with Crippen molar-refractivity contribution in [2.45, 2.75) is 25.4 Å². The van der Waals surface area contributed by atoms with E-state index >= 15 is 0 Å². The van der Waals surface area contributed by atoms with Crippen molar-refractivity contribution in [2.24, 2.45) is 7.05 Å². The number of anilines is 1. The molecule has 3 aromatic rings. The fourth-order valence-electron chi connectivity index (χ4n) is 2.42. The van der Waals surface area contributed by atoms with Crippen LogP contribution in [-0.2, 0) is 23.0 Å². The normalized spacial score (nSPS) is 10.8. The summed E-state index contributed by atoms with van der Waals surface area (Å²) >= 11 is 4.28. The Morgan fingerprint density at radius 2 is 2.14 bits per heavy atom. The van der Waals surface area contributed by atoms with Crippen LogP contribution >= 0.6 is 34.4 Å². The molecule has 0 radical (unpaired) electrons. The molecule has 0 aliphatic heterocycles. The number of esters is 1. The van der Waals surface area contributed by atoms with Crippen LogP contribution in [0.15, 0.2) is 28.7 Å². The molecule has 0 bridgehead atoms. The van der Waals surface area contributed by atoms with Crippen LogP contribution in [0.1, 0.15) is 29.1 Å². The highest BCUT2D eigenvalue weighted by Crippen LogP contribution is 2.30. The molecule has 0 aliphatic rings. The summed E-state index contributed by atoms with van der Waals surface area (Å²) in [5.41, 5.74) is 0.403. The van der Waals surface area contributed by atoms with Gasteiger partial charge in [-0.25, -0.2) is 4.79 Å². The Bertz CT molecular complexity index is 963. The van der Waals surface area contributed by atoms with Gasteiger partial charge < -0.3 is 14.6 Å². The van der Waals surface area contributed by atoms with Gasteiger partial charge in [-0.2, -0.15) is 0 Å². The maximum absolute atomic E-state index is 12.4. The van der Waals surface area contributed by atoms with Crippen LogP contribution < -0.4 is 5.32 Å². The van der Waals surface area contributed by atoms with Crippen LogP contribution in [-0.4, -0.2) is 39.0 Å². The Morgan fingerprint density at radius 1 is 1.32 bits per heavy atom. The molecule has 10 heteroatoms. The first-order valence-electron chi connectivity index (χ1n) is 8.69. The minimum Gasteiger partial charge on any atom is -0.462 e. The van der Waals surface area contributed by atoms with Crippen LogP contribution in [0.3, 0.4) is 0 Å². The topological polar surface area (TPSA) is 86.1 Å². The Hall–Kier alpha value is -2.17. The smallest absolute Gasteiger partial charge is 0.341 e. The standard InChI is InChI=1S/C18H20N4O3S3/c1-4-11-9-12(17(24)25-5-2)16(28-11)19-14(23)10-27-18-21-20-15(22(18)3)13-7-6-8-26-13/h6-9H,4-5,10H2,1-3H3,(H,19,23). The zero-order valence-electron chi connectivity index (χ0n) is 15.7. The Morgan fingerprint density at radius 3 is 2.82 bits per heavy atom. The molecule has 1 amide bonds. The molecule has 0 atom stereocenters. The van der Waals surface area contributed by atoms with Gasteiger partial charge in [0.15, 0.2) is 11.0 Å². The van der Waals surface area contributed by atoms with Crippen LogP contribution in [0.2, 0.25) is 0 Å². The predicted molar refractivity (Wildman–Crippen MR) is 113 cm³/mol. The van der Waals surface area contributed by atoms with Crippen molar-refractivity contribution in [3.05, 3.63) is 34.0 Å². The van der Waals surface area contributed by atoms with Gasteiger partial charge in [-0.15, -0.1) is 32.9 Å². The van der Waals surface area contributed by atoms with E-state index < -0.39 is 5.97 Å². The van der Waals surface area contributed by atoms with Gasteiger partial charge >= 0.3 is 5.97 Å². The molecule has 7 nitrogen and oxygen atoms in total. The largest absolute Gasteiger partial charge is 0.462 e. The van der Waals surface area contributed by atoms with Crippen LogP contribution in [0.4, 0.5) is 5.00 Å². The molecule has 28 heavy (non-hydrogen) atoms. The number of hydrogen-bond donors (Lipinski definition) is 1. The van der Waals surface area contributed by atoms with E-state index in [2.05, 4.69) is 15.5 Å². The second-order valence-corrected chi connectivity index (χ2v) is 8.74. The number of aryl methyl sites for hydroxylation is 1. The first kappa shape index (κ1) is 20.6. The van der Waals surface area contributed by atoms with Crippen molar-refractivity contribution < 1.29 is 14.3 Å². The summed E-state index contributed by atoms with van der Waals surface area (Å²) in [5, 5.41) is 14.4. The van der Waals surface area contributed by atoms with E-state index in [-0.39, 0.29) is 18.3 Å². The molecule has 3 aromatic heterocycles. The number of carbonyl (C=O) groups is 2. The molecule has 1 N–H and O–H groups in total. The third-order valence-electron chi connectivity index (χ3n) is 3.79. The van der Waals surface area contributed by atoms with Crippen LogP contribution in [0, 0.1) is 0 Å². The van der Waals surface area contributed by atoms with Gasteiger partial charge in [0.2, 0.25) is 5.91 Å². The summed E-state index contributed by atoms with van der Waals surface area (Å²) in [4.78, 5) is 26.6. The molecule has 0 aromatic carbocycles. The molecule has 0 aliphatic carbocycles. The van der Waals surface area contributed by atoms with E-state index in [9.17, 15) is 9.59 Å². The fraction of sp³-hybridized carbons (Fsp3) is 0.333. The second kappa shape index (κ2) is 9.35. The highest BCUT2D eigenvalue weighted by Gasteiger charge is 2.19. The lowest BCUT2D eigenvalue weighted by molar-refractivity contribution is -0.113. The molecular weight excluding hydrogens is 416 g/mol. The summed E-state index contributed by atoms with van der Waals surface area (Å²) in [6.45, 7) is 4.05. The first-order valence-corrected chi connectivity index (χ1v) is 11.4. The molecule has 0 fully saturated rings. The predicted octanol–water partition coefficient (Wildman–Crippen LogP) is 4.08. The lowest BCUT2D eigenvalue weighted by atomic mass is 10.2. The summed E-state index contributed by atoms with van der Waals surface area (Å²) < 4.78 is 6.95. The maximum atomic E-state index is 12.4. The van der Waals surface area contributed by atoms with E-state index in [4.69, 9.17) is 4.74 Å². The number of rotatable bonds is 8. The second-order valence-electron chi connectivity index (χ2n) is 5.71. The minimum atomic E-state index is -0.421. The molecule has 0 spiro atoms. The van der Waals surface area contributed by atoms with Gasteiger partial charge in [-0.1, -0.05) is 24.8 Å². The third kappa shape index (κ3) is 4.62. The number of nitrogens with zero attached hydrogens (tertiary/aromatic N) is 3. The number of amides is 1. The third-order valence-corrected chi connectivity index (χ3v) is 6.87. The van der Waals surface area contributed by atoms with Crippen LogP contribution in [0.25, 0.3) is 10.7 Å². The Kier molecular flexibility index (Phi) is 6.87. The Balaban J connectivity index is 1.65. The number of ether oxygens (including phenoxy) is 1. The Labute approximate surface area is 175 Å². The van der Waals surface area contributed by atoms with E-state index in [1.807, 2.05) is 36.1 Å². The van der Waals surface area contributed by atoms with Crippen molar-refractivity contribution in [1.29, 1.82) is 0 Å². The van der Waals surface area contributed by atoms with Crippen molar-refractivity contribution in [1.82, 2.24) is 14.8 Å². The van der Waals surface area contributed by atoms with Crippen LogP contribution in [0.5, 0.6) is 0 Å². The number of carbonyl (C=O) groups excluding carboxylic acids is 2. The highest BCUT2D eigenvalue weighted by atomic mass is 32.2. The highest BCUT2D eigenvalue weighted by molar-refractivity contribution is 7.99. The molecule has 3 rings (SSSR count). The molecule has 0 saturated heterocycles. The quantitative estimate of drug-likeness (QED) is 0.423. The lowest BCUT2D eigenvalue weighted by Gasteiger charge is -2.06. The average molecular weight is 437 g/mol. The zero-order chi connectivity index (χ0) is 20.1. The number of aromatic nitrogens is 3. The van der Waals surface area contributed by atoms with Crippen molar-refractivity contribution in [3.8, 4) is 10.7 Å². The summed E-state index contributed by atoms with van der Waals surface area (Å²) in [7, 11) is 1.88. The van der Waals surface area contributed by atoms with Gasteiger partial charge in [0, 0.05) is 11.9 Å². The maximum Gasteiger partial charge on any atom is 0.341 e. The first-order chi connectivity index (χ1) is 13.5. The molecule has 0 unspecified atom stereocenters. The van der Waals surface area contributed by atoms with Gasteiger partial charge in [0.25, 0.3) is 0 Å². The molecular formula is C18H20N4O3S3. The van der Waals surface area contributed by atoms with E-state index in [1.54, 1.807) is 24.3 Å². The van der Waals surface area contributed by atoms with Gasteiger partial charge in [0.1, 0.15) is 5.00 Å². The van der Waals surface area contributed by atoms with Crippen molar-refractivity contribution >= 4 is 51.3 Å². The summed E-state index contributed by atoms with van der Waals surface area (Å²) in [6, 6.07) is 5.72. The lowest BCUT2D eigenvalue weighted by Crippen LogP contribution is -2.16. The molecule has 3 heterocycles. The van der Waals surface area contributed by atoms with Gasteiger partial charge in [-0.3, -0.25) is 4.79 Å². The number of thioether (sulfide) groups is 1. The van der Waals surface area contributed by atoms with E-state index in [0.29, 0.717) is 15.7 Å². The van der Waals surface area contributed by atoms with Crippen molar-refractivity contribution in [3.63, 3.8) is 0 Å². The molecule has 148 valence electrons. The zero-order valence-corrected chi connectivity index (χ0v) is 18.2. The SMILES string of the molecule is CCOC(=O)c1cc(CC)sc1NC(=O)CSc1nnc(-c2cccs2)n1C. The number of hydrogen-bond acceptors (Lipinski definition) is 8. The summed E-state index contributed by atoms with van der Waals surface area (Å²) in [6.07, 6.45) is 0.784. The number of thiophene rings is 2. The fourth-order valence-corrected chi connectivity index (χ4v) is 4.88. The summed E-state index contributed by atoms with van der Waals surface area (Å²) in [5.74, 6) is 0.308. The monoisotopic (exact) mass is 436 g/mol. The van der Waals surface area contributed by atoms with Gasteiger partial charge in [0.05, 0.1) is 22.8 Å².